The van der Waals surface area contributed by atoms with Crippen molar-refractivity contribution < 1.29 is 22.5 Å². The largest absolute Gasteiger partial charge is 0.402 e. The van der Waals surface area contributed by atoms with Gasteiger partial charge in [0.05, 0.1) is 5.41 Å². The Bertz CT molecular complexity index is 687. The summed E-state index contributed by atoms with van der Waals surface area (Å²) in [5.41, 5.74) is 1.64. The van der Waals surface area contributed by atoms with E-state index in [1.807, 2.05) is 0 Å². The number of primary amides is 1. The van der Waals surface area contributed by atoms with Crippen molar-refractivity contribution in [3.05, 3.63) is 48.1 Å². The van der Waals surface area contributed by atoms with Crippen LogP contribution in [0.25, 0.3) is 0 Å². The van der Waals surface area contributed by atoms with Crippen LogP contribution in [-0.2, 0) is 16.6 Å². The Morgan fingerprint density at radius 2 is 2.00 bits per heavy atom. The van der Waals surface area contributed by atoms with Crippen molar-refractivity contribution in [1.29, 1.82) is 0 Å². The number of benzene rings is 1. The summed E-state index contributed by atoms with van der Waals surface area (Å²) < 4.78 is 45.5. The first kappa shape index (κ1) is 14.6. The molecule has 22 heavy (non-hydrogen) atoms. The molecule has 1 amide bonds. The lowest BCUT2D eigenvalue weighted by atomic mass is 9.85. The molecule has 0 aliphatic heterocycles. The minimum Gasteiger partial charge on any atom is -0.369 e. The van der Waals surface area contributed by atoms with Gasteiger partial charge in [-0.25, -0.2) is 0 Å². The summed E-state index contributed by atoms with van der Waals surface area (Å²) in [6.45, 7) is 0. The monoisotopic (exact) mass is 311 g/mol. The Morgan fingerprint density at radius 3 is 2.50 bits per heavy atom. The van der Waals surface area contributed by atoms with E-state index in [4.69, 9.17) is 5.73 Å². The van der Waals surface area contributed by atoms with E-state index >= 15 is 0 Å². The van der Waals surface area contributed by atoms with Crippen LogP contribution >= 0.6 is 0 Å². The van der Waals surface area contributed by atoms with Crippen molar-refractivity contribution in [2.24, 2.45) is 11.1 Å². The molecule has 116 valence electrons. The summed E-state index contributed by atoms with van der Waals surface area (Å²) in [5, 5.41) is 3.32. The van der Waals surface area contributed by atoms with E-state index < -0.39 is 35.2 Å². The van der Waals surface area contributed by atoms with Crippen molar-refractivity contribution in [2.75, 3.05) is 0 Å². The van der Waals surface area contributed by atoms with Crippen LogP contribution in [0.4, 0.5) is 13.2 Å². The average Bonchev–Trinajstić information content (AvgIpc) is 2.88. The fourth-order valence-corrected chi connectivity index (χ4v) is 3.10. The maximum Gasteiger partial charge on any atom is 0.402 e. The van der Waals surface area contributed by atoms with Crippen LogP contribution in [0, 0.1) is 5.41 Å². The van der Waals surface area contributed by atoms with Crippen LogP contribution < -0.4 is 5.73 Å². The minimum absolute atomic E-state index is 0.128. The second-order valence-electron chi connectivity index (χ2n) is 5.44. The summed E-state index contributed by atoms with van der Waals surface area (Å²) >= 11 is 0. The number of hydrogen-bond donors (Lipinski definition) is 1. The lowest BCUT2D eigenvalue weighted by molar-refractivity contribution is -0.175. The van der Waals surface area contributed by atoms with Gasteiger partial charge in [0.1, 0.15) is 5.41 Å². The Kier molecular flexibility index (Phi) is 3.01. The molecule has 2 atom stereocenters. The number of nitrogens with two attached hydrogens (primary N) is 1. The minimum atomic E-state index is -4.71. The molecular formula is C14H12F3N3O2. The van der Waals surface area contributed by atoms with E-state index in [2.05, 4.69) is 14.7 Å². The van der Waals surface area contributed by atoms with Gasteiger partial charge in [-0.3, -0.25) is 4.79 Å². The molecule has 2 N–H and O–H groups in total. The lowest BCUT2D eigenvalue weighted by Gasteiger charge is -2.23. The fraction of sp³-hybridized carbons (Fsp3) is 0.357. The smallest absolute Gasteiger partial charge is 0.369 e. The second kappa shape index (κ2) is 4.56. The van der Waals surface area contributed by atoms with Gasteiger partial charge in [-0.15, -0.1) is 0 Å². The number of rotatable bonds is 4. The van der Waals surface area contributed by atoms with Crippen LogP contribution in [0.1, 0.15) is 17.8 Å². The normalized spacial score (nSPS) is 27.6. The molecule has 2 unspecified atom stereocenters. The van der Waals surface area contributed by atoms with E-state index in [0.717, 1.165) is 6.39 Å². The zero-order valence-corrected chi connectivity index (χ0v) is 11.3. The number of amides is 1. The molecule has 1 aromatic carbocycles. The highest BCUT2D eigenvalue weighted by Crippen LogP contribution is 2.72. The van der Waals surface area contributed by atoms with Gasteiger partial charge in [0.15, 0.2) is 5.82 Å². The first-order valence-corrected chi connectivity index (χ1v) is 6.51. The lowest BCUT2D eigenvalue weighted by Crippen LogP contribution is -2.43. The third-order valence-corrected chi connectivity index (χ3v) is 4.31. The summed E-state index contributed by atoms with van der Waals surface area (Å²) in [6.07, 6.45) is -4.50. The van der Waals surface area contributed by atoms with Crippen molar-refractivity contribution >= 4 is 5.91 Å². The topological polar surface area (TPSA) is 82.0 Å². The number of halogens is 3. The number of hydrogen-bond acceptors (Lipinski definition) is 4. The van der Waals surface area contributed by atoms with Crippen molar-refractivity contribution in [1.82, 2.24) is 10.1 Å². The van der Waals surface area contributed by atoms with Crippen molar-refractivity contribution in [2.45, 2.75) is 24.4 Å². The third kappa shape index (κ3) is 1.83. The molecule has 1 saturated carbocycles. The molecule has 3 rings (SSSR count). The van der Waals surface area contributed by atoms with E-state index in [1.165, 1.54) is 0 Å². The van der Waals surface area contributed by atoms with E-state index in [0.29, 0.717) is 5.56 Å². The van der Waals surface area contributed by atoms with Gasteiger partial charge in [0.25, 0.3) is 0 Å². The zero-order chi connectivity index (χ0) is 16.0. The molecule has 2 aromatic rings. The Balaban J connectivity index is 2.08. The summed E-state index contributed by atoms with van der Waals surface area (Å²) in [7, 11) is 0. The Labute approximate surface area is 123 Å². The molecule has 0 bridgehead atoms. The van der Waals surface area contributed by atoms with Crippen LogP contribution in [0.5, 0.6) is 0 Å². The summed E-state index contributed by atoms with van der Waals surface area (Å²) in [5.74, 6) is -1.56. The standard InChI is InChI=1S/C14H12F3N3O2/c15-14(16,17)13(11-19-8-22-20-11)7-12(13,10(18)21)6-9-4-2-1-3-5-9/h1-5,8H,6-7H2,(H2,18,21). The fourth-order valence-electron chi connectivity index (χ4n) is 3.10. The van der Waals surface area contributed by atoms with Gasteiger partial charge in [-0.05, 0) is 18.4 Å². The van der Waals surface area contributed by atoms with Gasteiger partial charge in [0.2, 0.25) is 12.3 Å². The van der Waals surface area contributed by atoms with Crippen molar-refractivity contribution in [3.63, 3.8) is 0 Å². The number of aromatic nitrogens is 2. The molecular weight excluding hydrogens is 299 g/mol. The third-order valence-electron chi connectivity index (χ3n) is 4.31. The van der Waals surface area contributed by atoms with Gasteiger partial charge < -0.3 is 10.3 Å². The van der Waals surface area contributed by atoms with Gasteiger partial charge in [-0.2, -0.15) is 18.2 Å². The maximum absolute atomic E-state index is 13.7. The number of nitrogens with zero attached hydrogens (tertiary/aromatic N) is 2. The summed E-state index contributed by atoms with van der Waals surface area (Å²) in [4.78, 5) is 15.4. The van der Waals surface area contributed by atoms with Crippen LogP contribution in [0.3, 0.4) is 0 Å². The predicted octanol–water partition coefficient (Wildman–Crippen LogP) is 1.99. The first-order chi connectivity index (χ1) is 10.3. The number of alkyl halides is 3. The predicted molar refractivity (Wildman–Crippen MR) is 68.4 cm³/mol. The zero-order valence-electron chi connectivity index (χ0n) is 11.3. The van der Waals surface area contributed by atoms with Crippen LogP contribution in [0.2, 0.25) is 0 Å². The number of carbonyl (C=O) groups excluding carboxylic acids is 1. The van der Waals surface area contributed by atoms with Crippen LogP contribution in [-0.4, -0.2) is 22.2 Å². The van der Waals surface area contributed by atoms with E-state index in [9.17, 15) is 18.0 Å². The molecule has 1 fully saturated rings. The molecule has 5 nitrogen and oxygen atoms in total. The average molecular weight is 311 g/mol. The highest BCUT2D eigenvalue weighted by molar-refractivity contribution is 5.88. The van der Waals surface area contributed by atoms with Crippen LogP contribution in [0.15, 0.2) is 41.2 Å². The summed E-state index contributed by atoms with van der Waals surface area (Å²) in [6, 6.07) is 8.43. The molecule has 1 aliphatic carbocycles. The number of carbonyl (C=O) groups is 1. The molecule has 1 aromatic heterocycles. The molecule has 0 saturated heterocycles. The quantitative estimate of drug-likeness (QED) is 0.936. The Hall–Kier alpha value is -2.38. The molecule has 1 aliphatic rings. The Morgan fingerprint density at radius 1 is 1.32 bits per heavy atom. The maximum atomic E-state index is 13.7. The van der Waals surface area contributed by atoms with E-state index in [-0.39, 0.29) is 6.42 Å². The molecule has 8 heteroatoms. The second-order valence-corrected chi connectivity index (χ2v) is 5.44. The SMILES string of the molecule is NC(=O)C1(Cc2ccccc2)CC1(c1ncon1)C(F)(F)F. The molecule has 0 radical (unpaired) electrons. The first-order valence-electron chi connectivity index (χ1n) is 6.51. The highest BCUT2D eigenvalue weighted by atomic mass is 19.4. The van der Waals surface area contributed by atoms with Gasteiger partial charge in [0, 0.05) is 0 Å². The highest BCUT2D eigenvalue weighted by Gasteiger charge is 2.85. The molecule has 0 spiro atoms. The molecule has 1 heterocycles. The van der Waals surface area contributed by atoms with Crippen molar-refractivity contribution in [3.8, 4) is 0 Å². The van der Waals surface area contributed by atoms with Gasteiger partial charge >= 0.3 is 6.18 Å². The van der Waals surface area contributed by atoms with Gasteiger partial charge in [-0.1, -0.05) is 35.5 Å². The van der Waals surface area contributed by atoms with E-state index in [1.54, 1.807) is 30.3 Å².